The van der Waals surface area contributed by atoms with Gasteiger partial charge >= 0.3 is 23.9 Å². The third kappa shape index (κ3) is 23.9. The lowest BCUT2D eigenvalue weighted by Crippen LogP contribution is -2.61. The molecule has 0 heterocycles. The molecular weight excluding hydrogens is 891 g/mol. The molecular formula is C40H69N11O16. The fraction of sp³-hybridized carbons (Fsp3) is 0.700. The van der Waals surface area contributed by atoms with Crippen LogP contribution in [0.4, 0.5) is 0 Å². The molecule has 0 unspecified atom stereocenters. The van der Waals surface area contributed by atoms with Gasteiger partial charge in [-0.1, -0.05) is 41.5 Å². The van der Waals surface area contributed by atoms with Gasteiger partial charge in [-0.3, -0.25) is 52.9 Å². The Hall–Kier alpha value is -6.64. The first kappa shape index (κ1) is 60.4. The van der Waals surface area contributed by atoms with Gasteiger partial charge in [0.25, 0.3) is 0 Å². The number of aliphatic carboxylic acids is 4. The third-order valence-corrected chi connectivity index (χ3v) is 9.79. The highest BCUT2D eigenvalue weighted by Gasteiger charge is 2.36. The topological polar surface area (TPSA) is 464 Å². The summed E-state index contributed by atoms with van der Waals surface area (Å²) >= 11 is 0. The fourth-order valence-electron chi connectivity index (χ4n) is 6.05. The summed E-state index contributed by atoms with van der Waals surface area (Å²) < 4.78 is 0. The second kappa shape index (κ2) is 29.8. The van der Waals surface area contributed by atoms with E-state index in [-0.39, 0.29) is 37.7 Å². The molecule has 0 spiro atoms. The number of rotatable bonds is 32. The van der Waals surface area contributed by atoms with Crippen LogP contribution in [0.5, 0.6) is 0 Å². The Morgan fingerprint density at radius 2 is 0.881 bits per heavy atom. The average Bonchev–Trinajstić information content (AvgIpc) is 3.20. The molecule has 0 aromatic rings. The summed E-state index contributed by atoms with van der Waals surface area (Å²) in [5.74, 6) is -15.2. The first-order valence-electron chi connectivity index (χ1n) is 21.5. The molecule has 0 rings (SSSR count). The summed E-state index contributed by atoms with van der Waals surface area (Å²) in [7, 11) is 0. The highest BCUT2D eigenvalue weighted by Crippen LogP contribution is 2.12. The van der Waals surface area contributed by atoms with Crippen molar-refractivity contribution in [3.63, 3.8) is 0 Å². The normalized spacial score (nSPS) is 15.2. The second-order valence-corrected chi connectivity index (χ2v) is 16.9. The standard InChI is InChI=1S/C40H69N11O16/c1-17(2)15-24(35(62)45-21(9-8-14-44-40(42)43)34(61)51-31(19(5)6)39(66)67)48-32(59)22(10-12-26(53)54)46-36(63)25(16-28(57)58)49-33(60)23(11-13-27(55)56)47-38(65)30(18(3)4)50-37(64)29(41)20(7)52/h17-25,29-31,52H,8-16,41H2,1-7H3,(H,45,62)(H,46,63)(H,47,65)(H,48,59)(H,49,60)(H,50,64)(H,51,61)(H,53,54)(H,55,56)(H,57,58)(H,66,67)(H4,42,43,44)/t20-,21+,22+,23+,24+,25+,29+,30+,31+/m1/s1. The molecule has 7 amide bonds. The van der Waals surface area contributed by atoms with Crippen molar-refractivity contribution in [3.05, 3.63) is 0 Å². The summed E-state index contributed by atoms with van der Waals surface area (Å²) in [4.78, 5) is 145. The molecule has 0 aliphatic heterocycles. The van der Waals surface area contributed by atoms with Crippen molar-refractivity contribution in [2.24, 2.45) is 39.9 Å². The van der Waals surface area contributed by atoms with Crippen LogP contribution in [0, 0.1) is 17.8 Å². The molecule has 0 fully saturated rings. The number of aliphatic hydroxyl groups excluding tert-OH is 1. The molecule has 0 bridgehead atoms. The quantitative estimate of drug-likeness (QED) is 0.0173. The van der Waals surface area contributed by atoms with E-state index in [1.54, 1.807) is 27.7 Å². The van der Waals surface area contributed by atoms with Crippen molar-refractivity contribution in [1.29, 1.82) is 0 Å². The van der Waals surface area contributed by atoms with E-state index in [9.17, 15) is 78.3 Å². The van der Waals surface area contributed by atoms with Crippen molar-refractivity contribution in [2.45, 2.75) is 154 Å². The van der Waals surface area contributed by atoms with Crippen LogP contribution >= 0.6 is 0 Å². The van der Waals surface area contributed by atoms with Crippen LogP contribution in [0.2, 0.25) is 0 Å². The van der Waals surface area contributed by atoms with Crippen LogP contribution in [0.1, 0.15) is 99.8 Å². The highest BCUT2D eigenvalue weighted by molar-refractivity contribution is 5.98. The zero-order valence-corrected chi connectivity index (χ0v) is 38.7. The predicted octanol–water partition coefficient (Wildman–Crippen LogP) is -4.21. The summed E-state index contributed by atoms with van der Waals surface area (Å²) in [6.07, 6.45) is -5.30. The summed E-state index contributed by atoms with van der Waals surface area (Å²) in [5.41, 5.74) is 16.4. The first-order valence-corrected chi connectivity index (χ1v) is 21.5. The van der Waals surface area contributed by atoms with E-state index < -0.39 is 164 Å². The minimum atomic E-state index is -2.05. The Morgan fingerprint density at radius 1 is 0.493 bits per heavy atom. The molecule has 0 saturated heterocycles. The smallest absolute Gasteiger partial charge is 0.326 e. The second-order valence-electron chi connectivity index (χ2n) is 16.9. The Morgan fingerprint density at radius 3 is 1.28 bits per heavy atom. The van der Waals surface area contributed by atoms with Crippen LogP contribution in [-0.4, -0.2) is 158 Å². The SMILES string of the molecule is CC(C)C[C@H](NC(=O)[C@H](CCC(=O)O)NC(=O)[C@H](CC(=O)O)NC(=O)[C@H](CCC(=O)O)NC(=O)[C@@H](NC(=O)[C@@H](N)[C@@H](C)O)C(C)C)C(=O)N[C@@H](CCCN=C(N)N)C(=O)N[C@H](C(=O)O)C(C)C. The maximum absolute atomic E-state index is 13.9. The number of nitrogens with zero attached hydrogens (tertiary/aromatic N) is 1. The van der Waals surface area contributed by atoms with Crippen molar-refractivity contribution < 1.29 is 78.3 Å². The minimum absolute atomic E-state index is 0.0198. The molecule has 18 N–H and O–H groups in total. The number of guanidine groups is 1. The third-order valence-electron chi connectivity index (χ3n) is 9.79. The molecule has 0 radical (unpaired) electrons. The lowest BCUT2D eigenvalue weighted by atomic mass is 10.00. The summed E-state index contributed by atoms with van der Waals surface area (Å²) in [6.45, 7) is 10.7. The molecule has 27 nitrogen and oxygen atoms in total. The van der Waals surface area contributed by atoms with Crippen LogP contribution < -0.4 is 54.4 Å². The molecule has 380 valence electrons. The Balaban J connectivity index is 6.73. The van der Waals surface area contributed by atoms with E-state index in [1.807, 2.05) is 0 Å². The van der Waals surface area contributed by atoms with Gasteiger partial charge in [0.15, 0.2) is 5.96 Å². The molecule has 0 aromatic heterocycles. The van der Waals surface area contributed by atoms with Crippen LogP contribution in [0.25, 0.3) is 0 Å². The minimum Gasteiger partial charge on any atom is -0.481 e. The molecule has 0 saturated carbocycles. The van der Waals surface area contributed by atoms with Crippen molar-refractivity contribution >= 4 is 71.2 Å². The number of hydrogen-bond acceptors (Lipinski definition) is 14. The number of aliphatic hydroxyl groups is 1. The average molecular weight is 960 g/mol. The van der Waals surface area contributed by atoms with E-state index in [0.29, 0.717) is 0 Å². The molecule has 27 heteroatoms. The van der Waals surface area contributed by atoms with Gasteiger partial charge in [0.05, 0.1) is 12.5 Å². The van der Waals surface area contributed by atoms with Crippen molar-refractivity contribution in [3.8, 4) is 0 Å². The van der Waals surface area contributed by atoms with Gasteiger partial charge in [-0.25, -0.2) is 4.79 Å². The zero-order valence-electron chi connectivity index (χ0n) is 38.7. The van der Waals surface area contributed by atoms with E-state index in [4.69, 9.17) is 17.2 Å². The molecule has 0 aromatic carbocycles. The predicted molar refractivity (Wildman–Crippen MR) is 236 cm³/mol. The van der Waals surface area contributed by atoms with Gasteiger partial charge in [-0.2, -0.15) is 0 Å². The number of carbonyl (C=O) groups excluding carboxylic acids is 7. The Bertz CT molecular complexity index is 1790. The maximum Gasteiger partial charge on any atom is 0.326 e. The van der Waals surface area contributed by atoms with Gasteiger partial charge in [0.1, 0.15) is 48.3 Å². The number of carboxylic acids is 4. The number of carboxylic acid groups (broad SMARTS) is 4. The van der Waals surface area contributed by atoms with Crippen molar-refractivity contribution in [1.82, 2.24) is 37.2 Å². The lowest BCUT2D eigenvalue weighted by molar-refractivity contribution is -0.144. The summed E-state index contributed by atoms with van der Waals surface area (Å²) in [6, 6.07) is -12.7. The number of nitrogens with two attached hydrogens (primary N) is 3. The largest absolute Gasteiger partial charge is 0.481 e. The molecule has 67 heavy (non-hydrogen) atoms. The van der Waals surface area contributed by atoms with Gasteiger partial charge in [-0.05, 0) is 56.8 Å². The highest BCUT2D eigenvalue weighted by atomic mass is 16.4. The first-order chi connectivity index (χ1) is 31.0. The lowest BCUT2D eigenvalue weighted by Gasteiger charge is -2.28. The number of amides is 7. The van der Waals surface area contributed by atoms with E-state index in [2.05, 4.69) is 42.2 Å². The monoisotopic (exact) mass is 959 g/mol. The molecule has 9 atom stereocenters. The van der Waals surface area contributed by atoms with E-state index in [0.717, 1.165) is 0 Å². The van der Waals surface area contributed by atoms with Crippen LogP contribution in [0.3, 0.4) is 0 Å². The number of aliphatic imine (C=N–C) groups is 1. The van der Waals surface area contributed by atoms with Gasteiger partial charge < -0.3 is 80.0 Å². The summed E-state index contributed by atoms with van der Waals surface area (Å²) in [5, 5.41) is 64.0. The van der Waals surface area contributed by atoms with Crippen LogP contribution in [0.15, 0.2) is 4.99 Å². The van der Waals surface area contributed by atoms with Gasteiger partial charge in [-0.15, -0.1) is 0 Å². The molecule has 0 aliphatic carbocycles. The van der Waals surface area contributed by atoms with Gasteiger partial charge in [0, 0.05) is 19.4 Å². The van der Waals surface area contributed by atoms with Crippen molar-refractivity contribution in [2.75, 3.05) is 6.54 Å². The Labute approximate surface area is 386 Å². The Kier molecular flexibility index (Phi) is 26.9. The number of hydrogen-bond donors (Lipinski definition) is 15. The van der Waals surface area contributed by atoms with Crippen LogP contribution in [-0.2, 0) is 52.7 Å². The molecule has 0 aliphatic rings. The zero-order chi connectivity index (χ0) is 51.9. The number of carbonyl (C=O) groups is 11. The number of nitrogens with one attached hydrogen (secondary N) is 7. The maximum atomic E-state index is 13.9. The van der Waals surface area contributed by atoms with E-state index in [1.165, 1.54) is 20.8 Å². The van der Waals surface area contributed by atoms with Gasteiger partial charge in [0.2, 0.25) is 41.4 Å². The fourth-order valence-corrected chi connectivity index (χ4v) is 6.05. The van der Waals surface area contributed by atoms with E-state index >= 15 is 0 Å².